The molecule has 0 aliphatic heterocycles. The Morgan fingerprint density at radius 1 is 0.692 bits per heavy atom. The van der Waals surface area contributed by atoms with Gasteiger partial charge in [0.25, 0.3) is 0 Å². The van der Waals surface area contributed by atoms with E-state index in [2.05, 4.69) is 35.1 Å². The molecule has 1 atom stereocenters. The second kappa shape index (κ2) is 14.9. The highest BCUT2D eigenvalue weighted by molar-refractivity contribution is 6.32. The predicted octanol–water partition coefficient (Wildman–Crippen LogP) is 5.24. The summed E-state index contributed by atoms with van der Waals surface area (Å²) >= 11 is 0. The fraction of sp³-hybridized carbons (Fsp3) is 0.419. The first-order valence-electron chi connectivity index (χ1n) is 13.2. The van der Waals surface area contributed by atoms with Crippen LogP contribution in [0.1, 0.15) is 48.8 Å². The molecule has 3 aromatic rings. The summed E-state index contributed by atoms with van der Waals surface area (Å²) in [5, 5.41) is 20.4. The van der Waals surface area contributed by atoms with Gasteiger partial charge in [-0.15, -0.1) is 0 Å². The van der Waals surface area contributed by atoms with Crippen LogP contribution in [-0.4, -0.2) is 71.4 Å². The minimum Gasteiger partial charge on any atom is -0.497 e. The van der Waals surface area contributed by atoms with Gasteiger partial charge in [-0.1, -0.05) is 56.2 Å². The molecule has 0 radical (unpaired) electrons. The molecule has 2 N–H and O–H groups in total. The van der Waals surface area contributed by atoms with Crippen LogP contribution in [0.4, 0.5) is 0 Å². The van der Waals surface area contributed by atoms with Gasteiger partial charge in [0.15, 0.2) is 0 Å². The predicted molar refractivity (Wildman–Crippen MR) is 157 cm³/mol. The van der Waals surface area contributed by atoms with Crippen molar-refractivity contribution in [3.8, 4) is 17.2 Å². The van der Waals surface area contributed by atoms with E-state index >= 15 is 0 Å². The van der Waals surface area contributed by atoms with Gasteiger partial charge in [0.1, 0.15) is 22.8 Å². The van der Waals surface area contributed by atoms with E-state index in [0.29, 0.717) is 11.5 Å². The van der Waals surface area contributed by atoms with Crippen LogP contribution in [0.5, 0.6) is 17.2 Å². The van der Waals surface area contributed by atoms with Crippen LogP contribution in [0.2, 0.25) is 0 Å². The largest absolute Gasteiger partial charge is 0.634 e. The van der Waals surface area contributed by atoms with E-state index in [9.17, 15) is 10.0 Å². The van der Waals surface area contributed by atoms with Gasteiger partial charge in [0.05, 0.1) is 49.5 Å². The summed E-state index contributed by atoms with van der Waals surface area (Å²) in [5.41, 5.74) is 1.37. The molecular weight excluding hydrogens is 493 g/mol. The number of benzene rings is 3. The van der Waals surface area contributed by atoms with Gasteiger partial charge in [-0.2, -0.15) is 0 Å². The van der Waals surface area contributed by atoms with E-state index in [1.54, 1.807) is 21.3 Å². The lowest BCUT2D eigenvalue weighted by Crippen LogP contribution is -2.43. The SMILES string of the molecule is CCCCC(c1ccc(OC)cc1)C(OB(O)O)(c1ccc(OC)cc1)c1ccc(OC)cc1.C[N+](C)(C)C. The molecule has 0 saturated heterocycles. The Kier molecular flexibility index (Phi) is 12.3. The zero-order valence-corrected chi connectivity index (χ0v) is 24.7. The lowest BCUT2D eigenvalue weighted by molar-refractivity contribution is -0.849. The highest BCUT2D eigenvalue weighted by atomic mass is 16.6. The van der Waals surface area contributed by atoms with Gasteiger partial charge in [0.2, 0.25) is 0 Å². The number of quaternary nitrogens is 1. The van der Waals surface area contributed by atoms with Crippen molar-refractivity contribution in [2.45, 2.75) is 37.7 Å². The molecule has 7 nitrogen and oxygen atoms in total. The fourth-order valence-corrected chi connectivity index (χ4v) is 4.48. The fourth-order valence-electron chi connectivity index (χ4n) is 4.48. The number of rotatable bonds is 12. The topological polar surface area (TPSA) is 77.4 Å². The molecule has 1 unspecified atom stereocenters. The number of methoxy groups -OCH3 is 3. The zero-order valence-electron chi connectivity index (χ0n) is 24.7. The number of unbranched alkanes of at least 4 members (excludes halogenated alkanes) is 1. The summed E-state index contributed by atoms with van der Waals surface area (Å²) in [6.07, 6.45) is 2.67. The monoisotopic (exact) mass is 538 g/mol. The molecule has 0 aliphatic rings. The van der Waals surface area contributed by atoms with Crippen molar-refractivity contribution in [3.63, 3.8) is 0 Å². The molecule has 0 bridgehead atoms. The van der Waals surface area contributed by atoms with Crippen molar-refractivity contribution >= 4 is 7.32 Å². The molecule has 0 aliphatic carbocycles. The third-order valence-corrected chi connectivity index (χ3v) is 6.18. The van der Waals surface area contributed by atoms with Crippen LogP contribution in [-0.2, 0) is 10.3 Å². The number of nitrogens with zero attached hydrogens (tertiary/aromatic N) is 1. The molecule has 8 heteroatoms. The van der Waals surface area contributed by atoms with E-state index in [4.69, 9.17) is 18.9 Å². The highest BCUT2D eigenvalue weighted by Gasteiger charge is 2.46. The maximum Gasteiger partial charge on any atom is 0.634 e. The Bertz CT molecular complexity index is 1040. The molecule has 3 aromatic carbocycles. The van der Waals surface area contributed by atoms with E-state index in [-0.39, 0.29) is 5.92 Å². The summed E-state index contributed by atoms with van der Waals surface area (Å²) in [4.78, 5) is 0. The summed E-state index contributed by atoms with van der Waals surface area (Å²) in [6, 6.07) is 22.9. The lowest BCUT2D eigenvalue weighted by atomic mass is 9.70. The summed E-state index contributed by atoms with van der Waals surface area (Å²) in [7, 11) is 11.4. The van der Waals surface area contributed by atoms with Crippen molar-refractivity contribution in [2.24, 2.45) is 0 Å². The van der Waals surface area contributed by atoms with Gasteiger partial charge in [-0.05, 0) is 59.5 Å². The van der Waals surface area contributed by atoms with Crippen LogP contribution in [0.25, 0.3) is 0 Å². The Morgan fingerprint density at radius 2 is 1.05 bits per heavy atom. The van der Waals surface area contributed by atoms with Crippen molar-refractivity contribution in [3.05, 3.63) is 89.5 Å². The van der Waals surface area contributed by atoms with Crippen molar-refractivity contribution in [1.29, 1.82) is 0 Å². The van der Waals surface area contributed by atoms with Crippen molar-refractivity contribution in [1.82, 2.24) is 0 Å². The zero-order chi connectivity index (χ0) is 29.1. The van der Waals surface area contributed by atoms with Gasteiger partial charge >= 0.3 is 7.32 Å². The van der Waals surface area contributed by atoms with E-state index < -0.39 is 12.9 Å². The number of ether oxygens (including phenoxy) is 3. The molecule has 212 valence electrons. The molecule has 39 heavy (non-hydrogen) atoms. The van der Waals surface area contributed by atoms with Gasteiger partial charge in [-0.25, -0.2) is 0 Å². The summed E-state index contributed by atoms with van der Waals surface area (Å²) < 4.78 is 23.2. The molecule has 0 aromatic heterocycles. The number of hydrogen-bond donors (Lipinski definition) is 2. The van der Waals surface area contributed by atoms with Gasteiger partial charge in [0, 0.05) is 5.92 Å². The smallest absolute Gasteiger partial charge is 0.497 e. The Labute approximate surface area is 234 Å². The Hall–Kier alpha value is -3.04. The van der Waals surface area contributed by atoms with E-state index in [0.717, 1.165) is 46.2 Å². The Balaban J connectivity index is 0.000000976. The maximum absolute atomic E-state index is 10.2. The quantitative estimate of drug-likeness (QED) is 0.243. The number of hydrogen-bond acceptors (Lipinski definition) is 6. The minimum atomic E-state index is -1.99. The second-order valence-electron chi connectivity index (χ2n) is 10.8. The first kappa shape index (κ1) is 32.2. The molecule has 0 spiro atoms. The summed E-state index contributed by atoms with van der Waals surface area (Å²) in [5.74, 6) is 1.92. The Morgan fingerprint density at radius 3 is 1.36 bits per heavy atom. The standard InChI is InChI=1S/C27H33BO6.C4H12N/c1-5-6-7-26(20-8-14-23(31-2)15-9-20)27(34-28(29)30,21-10-16-24(32-3)17-11-21)22-12-18-25(33-4)19-13-22;1-5(2,3)4/h8-19,26,29-30H,5-7H2,1-4H3;1-4H3/q;+1. The molecule has 0 saturated carbocycles. The molecular formula is C31H45BNO6+. The minimum absolute atomic E-state index is 0.234. The maximum atomic E-state index is 10.2. The molecule has 0 heterocycles. The van der Waals surface area contributed by atoms with Crippen LogP contribution < -0.4 is 14.2 Å². The molecule has 0 fully saturated rings. The van der Waals surface area contributed by atoms with Gasteiger partial charge < -0.3 is 33.4 Å². The average molecular weight is 539 g/mol. The van der Waals surface area contributed by atoms with Crippen LogP contribution in [0.15, 0.2) is 72.8 Å². The third kappa shape index (κ3) is 9.29. The normalized spacial score (nSPS) is 12.2. The van der Waals surface area contributed by atoms with Crippen molar-refractivity contribution in [2.75, 3.05) is 49.5 Å². The van der Waals surface area contributed by atoms with E-state index in [1.807, 2.05) is 72.8 Å². The van der Waals surface area contributed by atoms with Crippen LogP contribution in [0.3, 0.4) is 0 Å². The van der Waals surface area contributed by atoms with Gasteiger partial charge in [-0.3, -0.25) is 0 Å². The van der Waals surface area contributed by atoms with E-state index in [1.165, 1.54) is 0 Å². The van der Waals surface area contributed by atoms with Crippen molar-refractivity contribution < 1.29 is 33.4 Å². The lowest BCUT2D eigenvalue weighted by Gasteiger charge is -2.43. The third-order valence-electron chi connectivity index (χ3n) is 6.18. The first-order chi connectivity index (χ1) is 18.5. The summed E-state index contributed by atoms with van der Waals surface area (Å²) in [6.45, 7) is 2.13. The molecule has 3 rings (SSSR count). The molecule has 0 amide bonds. The average Bonchev–Trinajstić information content (AvgIpc) is 2.92. The first-order valence-corrected chi connectivity index (χ1v) is 13.2. The second-order valence-corrected chi connectivity index (χ2v) is 10.8. The highest BCUT2D eigenvalue weighted by Crippen LogP contribution is 2.49. The van der Waals surface area contributed by atoms with Crippen LogP contribution >= 0.6 is 0 Å². The van der Waals surface area contributed by atoms with Crippen LogP contribution in [0, 0.1) is 0 Å².